The Balaban J connectivity index is 2.07. The van der Waals surface area contributed by atoms with Gasteiger partial charge in [-0.3, -0.25) is 4.72 Å². The van der Waals surface area contributed by atoms with Gasteiger partial charge >= 0.3 is 0 Å². The number of sulfonamides is 1. The smallest absolute Gasteiger partial charge is 0.238 e. The fraction of sp³-hybridized carbons (Fsp3) is 0.231. The molecule has 0 saturated carbocycles. The molecule has 1 heterocycles. The van der Waals surface area contributed by atoms with E-state index in [-0.39, 0.29) is 12.4 Å². The molecule has 7 nitrogen and oxygen atoms in total. The Kier molecular flexibility index (Phi) is 4.45. The van der Waals surface area contributed by atoms with Gasteiger partial charge in [0, 0.05) is 12.1 Å². The second-order valence-electron chi connectivity index (χ2n) is 4.26. The summed E-state index contributed by atoms with van der Waals surface area (Å²) in [7, 11) is -3.60. The molecule has 0 aliphatic heterocycles. The summed E-state index contributed by atoms with van der Waals surface area (Å²) in [5, 5.41) is 12.1. The summed E-state index contributed by atoms with van der Waals surface area (Å²) in [6.07, 6.45) is 0. The van der Waals surface area contributed by atoms with Crippen LogP contribution in [0.15, 0.2) is 34.9 Å². The molecular weight excluding hydrogens is 294 g/mol. The normalized spacial score (nSPS) is 10.9. The molecule has 0 fully saturated rings. The van der Waals surface area contributed by atoms with Crippen LogP contribution >= 0.6 is 0 Å². The predicted molar refractivity (Wildman–Crippen MR) is 75.0 cm³/mol. The molecule has 0 spiro atoms. The lowest BCUT2D eigenvalue weighted by atomic mass is 10.3. The Morgan fingerprint density at radius 2 is 2.24 bits per heavy atom. The standard InChI is InChI=1S/C13H13N3O4S/c1-10-7-12(15-20-10)9-21(17,18)16-11-3-2-4-13(8-11)19-6-5-14/h2-4,7-8,16H,6,9H2,1H3. The molecule has 1 aromatic carbocycles. The first-order chi connectivity index (χ1) is 9.98. The van der Waals surface area contributed by atoms with Crippen molar-refractivity contribution in [1.29, 1.82) is 5.26 Å². The number of nitrogens with one attached hydrogen (secondary N) is 1. The molecule has 1 N–H and O–H groups in total. The van der Waals surface area contributed by atoms with Crippen molar-refractivity contribution >= 4 is 15.7 Å². The van der Waals surface area contributed by atoms with Gasteiger partial charge in [-0.25, -0.2) is 8.42 Å². The van der Waals surface area contributed by atoms with Gasteiger partial charge in [0.2, 0.25) is 10.0 Å². The highest BCUT2D eigenvalue weighted by molar-refractivity contribution is 7.91. The number of ether oxygens (including phenoxy) is 1. The lowest BCUT2D eigenvalue weighted by Gasteiger charge is -2.08. The Morgan fingerprint density at radius 3 is 2.90 bits per heavy atom. The van der Waals surface area contributed by atoms with Gasteiger partial charge in [0.1, 0.15) is 29.0 Å². The van der Waals surface area contributed by atoms with Crippen LogP contribution in [0.3, 0.4) is 0 Å². The van der Waals surface area contributed by atoms with Crippen molar-refractivity contribution in [3.05, 3.63) is 41.8 Å². The highest BCUT2D eigenvalue weighted by atomic mass is 32.2. The maximum Gasteiger partial charge on any atom is 0.238 e. The SMILES string of the molecule is Cc1cc(CS(=O)(=O)Nc2cccc(OCC#N)c2)no1. The van der Waals surface area contributed by atoms with Crippen LogP contribution in [0.2, 0.25) is 0 Å². The van der Waals surface area contributed by atoms with Gasteiger partial charge in [-0.05, 0) is 19.1 Å². The third kappa shape index (κ3) is 4.50. The Labute approximate surface area is 122 Å². The largest absolute Gasteiger partial charge is 0.479 e. The average molecular weight is 307 g/mol. The zero-order chi connectivity index (χ0) is 15.3. The van der Waals surface area contributed by atoms with Gasteiger partial charge < -0.3 is 9.26 Å². The quantitative estimate of drug-likeness (QED) is 0.872. The summed E-state index contributed by atoms with van der Waals surface area (Å²) in [4.78, 5) is 0. The van der Waals surface area contributed by atoms with Gasteiger partial charge in [0.25, 0.3) is 0 Å². The summed E-state index contributed by atoms with van der Waals surface area (Å²) in [5.74, 6) is 0.675. The van der Waals surface area contributed by atoms with Crippen molar-refractivity contribution in [2.24, 2.45) is 0 Å². The van der Waals surface area contributed by atoms with E-state index in [1.54, 1.807) is 31.2 Å². The lowest BCUT2D eigenvalue weighted by molar-refractivity contribution is 0.368. The van der Waals surface area contributed by atoms with Gasteiger partial charge in [-0.2, -0.15) is 5.26 Å². The molecule has 2 rings (SSSR count). The summed E-state index contributed by atoms with van der Waals surface area (Å²) in [5.41, 5.74) is 0.683. The summed E-state index contributed by atoms with van der Waals surface area (Å²) in [6.45, 7) is 1.58. The minimum atomic E-state index is -3.60. The molecule has 0 amide bonds. The van der Waals surface area contributed by atoms with E-state index in [0.29, 0.717) is 22.9 Å². The van der Waals surface area contributed by atoms with E-state index in [2.05, 4.69) is 9.88 Å². The maximum atomic E-state index is 12.0. The van der Waals surface area contributed by atoms with Crippen molar-refractivity contribution < 1.29 is 17.7 Å². The van der Waals surface area contributed by atoms with E-state index in [1.807, 2.05) is 6.07 Å². The maximum absolute atomic E-state index is 12.0. The van der Waals surface area contributed by atoms with Crippen molar-refractivity contribution in [2.45, 2.75) is 12.7 Å². The predicted octanol–water partition coefficient (Wildman–Crippen LogP) is 1.83. The highest BCUT2D eigenvalue weighted by Crippen LogP contribution is 2.19. The number of hydrogen-bond donors (Lipinski definition) is 1. The van der Waals surface area contributed by atoms with Crippen LogP contribution in [-0.2, 0) is 15.8 Å². The number of nitrogens with zero attached hydrogens (tertiary/aromatic N) is 2. The van der Waals surface area contributed by atoms with Gasteiger partial charge in [-0.15, -0.1) is 0 Å². The first-order valence-electron chi connectivity index (χ1n) is 6.01. The summed E-state index contributed by atoms with van der Waals surface area (Å²) < 4.78 is 36.4. The lowest BCUT2D eigenvalue weighted by Crippen LogP contribution is -2.15. The second kappa shape index (κ2) is 6.28. The minimum Gasteiger partial charge on any atom is -0.479 e. The van der Waals surface area contributed by atoms with E-state index in [4.69, 9.17) is 14.5 Å². The van der Waals surface area contributed by atoms with Gasteiger partial charge in [0.15, 0.2) is 6.61 Å². The van der Waals surface area contributed by atoms with Crippen LogP contribution < -0.4 is 9.46 Å². The Hall–Kier alpha value is -2.53. The topological polar surface area (TPSA) is 105 Å². The molecule has 0 bridgehead atoms. The first-order valence-corrected chi connectivity index (χ1v) is 7.66. The average Bonchev–Trinajstić information content (AvgIpc) is 2.80. The summed E-state index contributed by atoms with van der Waals surface area (Å²) in [6, 6.07) is 9.76. The molecular formula is C13H13N3O4S. The van der Waals surface area contributed by atoms with Crippen molar-refractivity contribution in [2.75, 3.05) is 11.3 Å². The minimum absolute atomic E-state index is 0.103. The van der Waals surface area contributed by atoms with Gasteiger partial charge in [-0.1, -0.05) is 11.2 Å². The fourth-order valence-electron chi connectivity index (χ4n) is 1.66. The molecule has 0 unspecified atom stereocenters. The molecule has 110 valence electrons. The fourth-order valence-corrected chi connectivity index (χ4v) is 2.74. The van der Waals surface area contributed by atoms with Crippen LogP contribution in [-0.4, -0.2) is 20.2 Å². The first kappa shape index (κ1) is 14.9. The van der Waals surface area contributed by atoms with E-state index in [1.165, 1.54) is 6.07 Å². The molecule has 0 radical (unpaired) electrons. The number of aromatic nitrogens is 1. The van der Waals surface area contributed by atoms with Crippen LogP contribution in [0.5, 0.6) is 5.75 Å². The number of nitriles is 1. The highest BCUT2D eigenvalue weighted by Gasteiger charge is 2.15. The van der Waals surface area contributed by atoms with Crippen LogP contribution in [0.1, 0.15) is 11.5 Å². The van der Waals surface area contributed by atoms with Crippen molar-refractivity contribution in [3.63, 3.8) is 0 Å². The van der Waals surface area contributed by atoms with Crippen molar-refractivity contribution in [3.8, 4) is 11.8 Å². The molecule has 0 aliphatic carbocycles. The molecule has 0 saturated heterocycles. The number of rotatable bonds is 6. The Bertz CT molecular complexity index is 762. The molecule has 0 atom stereocenters. The zero-order valence-corrected chi connectivity index (χ0v) is 12.1. The number of aryl methyl sites for hydroxylation is 1. The number of hydrogen-bond acceptors (Lipinski definition) is 6. The monoisotopic (exact) mass is 307 g/mol. The van der Waals surface area contributed by atoms with E-state index < -0.39 is 10.0 Å². The van der Waals surface area contributed by atoms with Crippen LogP contribution in [0.4, 0.5) is 5.69 Å². The molecule has 2 aromatic rings. The van der Waals surface area contributed by atoms with Crippen molar-refractivity contribution in [1.82, 2.24) is 5.16 Å². The molecule has 21 heavy (non-hydrogen) atoms. The second-order valence-corrected chi connectivity index (χ2v) is 5.99. The van der Waals surface area contributed by atoms with Gasteiger partial charge in [0.05, 0.1) is 5.69 Å². The van der Waals surface area contributed by atoms with E-state index in [0.717, 1.165) is 0 Å². The molecule has 0 aliphatic rings. The summed E-state index contributed by atoms with van der Waals surface area (Å²) >= 11 is 0. The third-order valence-corrected chi connectivity index (χ3v) is 3.65. The number of anilines is 1. The van der Waals surface area contributed by atoms with E-state index >= 15 is 0 Å². The van der Waals surface area contributed by atoms with E-state index in [9.17, 15) is 8.42 Å². The van der Waals surface area contributed by atoms with Crippen LogP contribution in [0.25, 0.3) is 0 Å². The third-order valence-electron chi connectivity index (χ3n) is 2.43. The molecule has 1 aromatic heterocycles. The van der Waals surface area contributed by atoms with Crippen LogP contribution in [0, 0.1) is 18.3 Å². The zero-order valence-electron chi connectivity index (χ0n) is 11.2. The number of benzene rings is 1. The Morgan fingerprint density at radius 1 is 1.43 bits per heavy atom. The molecule has 8 heteroatoms.